The lowest BCUT2D eigenvalue weighted by molar-refractivity contribution is -0.385. The molecule has 1 heterocycles. The molecule has 8 heteroatoms. The van der Waals surface area contributed by atoms with Gasteiger partial charge in [0.1, 0.15) is 0 Å². The molecule has 0 atom stereocenters. The quantitative estimate of drug-likeness (QED) is 0.624. The molecule has 0 unspecified atom stereocenters. The SMILES string of the molecule is Cc1ccc([N+](=O)[O-])cc1S(=O)(=O)N1CCC(NCC2CC2)CC1. The van der Waals surface area contributed by atoms with E-state index in [9.17, 15) is 18.5 Å². The van der Waals surface area contributed by atoms with Crippen molar-refractivity contribution in [2.24, 2.45) is 5.92 Å². The summed E-state index contributed by atoms with van der Waals surface area (Å²) in [6.07, 6.45) is 4.15. The Morgan fingerprint density at radius 3 is 2.50 bits per heavy atom. The van der Waals surface area contributed by atoms with Crippen LogP contribution in [0.5, 0.6) is 0 Å². The molecule has 1 aliphatic carbocycles. The lowest BCUT2D eigenvalue weighted by Crippen LogP contribution is -2.45. The molecule has 0 aromatic heterocycles. The van der Waals surface area contributed by atoms with Crippen molar-refractivity contribution in [2.75, 3.05) is 19.6 Å². The zero-order valence-electron chi connectivity index (χ0n) is 13.8. The van der Waals surface area contributed by atoms with Crippen molar-refractivity contribution in [1.82, 2.24) is 9.62 Å². The summed E-state index contributed by atoms with van der Waals surface area (Å²) >= 11 is 0. The molecule has 7 nitrogen and oxygen atoms in total. The number of hydrogen-bond donors (Lipinski definition) is 1. The molecule has 1 saturated heterocycles. The molecule has 1 N–H and O–H groups in total. The van der Waals surface area contributed by atoms with E-state index in [2.05, 4.69) is 5.32 Å². The highest BCUT2D eigenvalue weighted by Crippen LogP contribution is 2.29. The first-order chi connectivity index (χ1) is 11.4. The molecular formula is C16H23N3O4S. The smallest absolute Gasteiger partial charge is 0.270 e. The predicted octanol–water partition coefficient (Wildman–Crippen LogP) is 2.06. The van der Waals surface area contributed by atoms with Crippen molar-refractivity contribution in [3.8, 4) is 0 Å². The van der Waals surface area contributed by atoms with Crippen molar-refractivity contribution in [3.63, 3.8) is 0 Å². The first kappa shape index (κ1) is 17.3. The highest BCUT2D eigenvalue weighted by molar-refractivity contribution is 7.89. The third-order valence-corrected chi connectivity index (χ3v) is 6.89. The van der Waals surface area contributed by atoms with Gasteiger partial charge in [-0.2, -0.15) is 4.31 Å². The number of rotatable bonds is 6. The largest absolute Gasteiger partial charge is 0.314 e. The van der Waals surface area contributed by atoms with Crippen LogP contribution in [0.3, 0.4) is 0 Å². The topological polar surface area (TPSA) is 92.5 Å². The van der Waals surface area contributed by atoms with Gasteiger partial charge in [0, 0.05) is 31.3 Å². The van der Waals surface area contributed by atoms with E-state index in [1.54, 1.807) is 6.92 Å². The van der Waals surface area contributed by atoms with Gasteiger partial charge in [-0.15, -0.1) is 0 Å². The van der Waals surface area contributed by atoms with Crippen LogP contribution < -0.4 is 5.32 Å². The number of nitrogens with zero attached hydrogens (tertiary/aromatic N) is 2. The van der Waals surface area contributed by atoms with Gasteiger partial charge < -0.3 is 5.32 Å². The molecule has 2 aliphatic rings. The number of nitrogens with one attached hydrogen (secondary N) is 1. The van der Waals surface area contributed by atoms with Crippen LogP contribution in [-0.2, 0) is 10.0 Å². The number of nitro groups is 1. The predicted molar refractivity (Wildman–Crippen MR) is 90.3 cm³/mol. The molecule has 132 valence electrons. The molecule has 1 aromatic carbocycles. The average molecular weight is 353 g/mol. The third kappa shape index (κ3) is 3.76. The first-order valence-electron chi connectivity index (χ1n) is 8.36. The van der Waals surface area contributed by atoms with Crippen LogP contribution in [-0.4, -0.2) is 43.3 Å². The molecule has 0 bridgehead atoms. The van der Waals surface area contributed by atoms with Gasteiger partial charge in [0.15, 0.2) is 0 Å². The standard InChI is InChI=1S/C16H23N3O4S/c1-12-2-5-15(19(20)21)10-16(12)24(22,23)18-8-6-14(7-9-18)17-11-13-3-4-13/h2,5,10,13-14,17H,3-4,6-9,11H2,1H3. The third-order valence-electron chi connectivity index (χ3n) is 4.85. The Morgan fingerprint density at radius 1 is 1.25 bits per heavy atom. The summed E-state index contributed by atoms with van der Waals surface area (Å²) in [6.45, 7) is 3.60. The Morgan fingerprint density at radius 2 is 1.92 bits per heavy atom. The summed E-state index contributed by atoms with van der Waals surface area (Å²) in [5, 5.41) is 14.5. The van der Waals surface area contributed by atoms with E-state index in [4.69, 9.17) is 0 Å². The summed E-state index contributed by atoms with van der Waals surface area (Å²) in [6, 6.07) is 4.36. The van der Waals surface area contributed by atoms with Gasteiger partial charge in [-0.05, 0) is 50.6 Å². The number of nitro benzene ring substituents is 1. The van der Waals surface area contributed by atoms with E-state index in [-0.39, 0.29) is 10.6 Å². The minimum Gasteiger partial charge on any atom is -0.314 e. The van der Waals surface area contributed by atoms with Gasteiger partial charge in [0.25, 0.3) is 5.69 Å². The van der Waals surface area contributed by atoms with Gasteiger partial charge in [0.05, 0.1) is 9.82 Å². The minimum absolute atomic E-state index is 0.0427. The van der Waals surface area contributed by atoms with Crippen LogP contribution in [0.1, 0.15) is 31.2 Å². The van der Waals surface area contributed by atoms with E-state index in [0.29, 0.717) is 24.7 Å². The van der Waals surface area contributed by atoms with E-state index in [0.717, 1.165) is 25.3 Å². The van der Waals surface area contributed by atoms with Gasteiger partial charge >= 0.3 is 0 Å². The Hall–Kier alpha value is -1.51. The monoisotopic (exact) mass is 353 g/mol. The molecule has 0 amide bonds. The van der Waals surface area contributed by atoms with Gasteiger partial charge in [-0.1, -0.05) is 6.07 Å². The molecule has 1 saturated carbocycles. The maximum atomic E-state index is 12.8. The second kappa shape index (κ2) is 6.78. The maximum Gasteiger partial charge on any atom is 0.270 e. The summed E-state index contributed by atoms with van der Waals surface area (Å²) in [7, 11) is -3.69. The first-order valence-corrected chi connectivity index (χ1v) is 9.80. The fraction of sp³-hybridized carbons (Fsp3) is 0.625. The molecule has 2 fully saturated rings. The number of piperidine rings is 1. The van der Waals surface area contributed by atoms with Crippen molar-refractivity contribution in [2.45, 2.75) is 43.5 Å². The van der Waals surface area contributed by atoms with Crippen LogP contribution in [0.4, 0.5) is 5.69 Å². The summed E-state index contributed by atoms with van der Waals surface area (Å²) in [5.41, 5.74) is 0.342. The summed E-state index contributed by atoms with van der Waals surface area (Å²) in [4.78, 5) is 10.4. The molecule has 0 radical (unpaired) electrons. The van der Waals surface area contributed by atoms with E-state index in [1.807, 2.05) is 0 Å². The van der Waals surface area contributed by atoms with Gasteiger partial charge in [-0.25, -0.2) is 8.42 Å². The van der Waals surface area contributed by atoms with E-state index in [1.165, 1.54) is 35.3 Å². The molecule has 1 aromatic rings. The number of benzene rings is 1. The molecule has 3 rings (SSSR count). The highest BCUT2D eigenvalue weighted by atomic mass is 32.2. The van der Waals surface area contributed by atoms with Crippen molar-refractivity contribution < 1.29 is 13.3 Å². The van der Waals surface area contributed by atoms with E-state index < -0.39 is 14.9 Å². The molecule has 24 heavy (non-hydrogen) atoms. The van der Waals surface area contributed by atoms with Crippen LogP contribution in [0.15, 0.2) is 23.1 Å². The Kier molecular flexibility index (Phi) is 4.89. The Labute approximate surface area is 142 Å². The lowest BCUT2D eigenvalue weighted by Gasteiger charge is -2.32. The fourth-order valence-electron chi connectivity index (χ4n) is 3.07. The van der Waals surface area contributed by atoms with Crippen molar-refractivity contribution in [3.05, 3.63) is 33.9 Å². The number of aryl methyl sites for hydroxylation is 1. The van der Waals surface area contributed by atoms with Gasteiger partial charge in [0.2, 0.25) is 10.0 Å². The number of hydrogen-bond acceptors (Lipinski definition) is 5. The van der Waals surface area contributed by atoms with Crippen LogP contribution in [0, 0.1) is 23.0 Å². The second-order valence-electron chi connectivity index (χ2n) is 6.74. The zero-order valence-corrected chi connectivity index (χ0v) is 14.6. The molecule has 0 spiro atoms. The number of non-ortho nitro benzene ring substituents is 1. The summed E-state index contributed by atoms with van der Waals surface area (Å²) in [5.74, 6) is 0.805. The van der Waals surface area contributed by atoms with Crippen molar-refractivity contribution >= 4 is 15.7 Å². The van der Waals surface area contributed by atoms with Crippen LogP contribution in [0.2, 0.25) is 0 Å². The van der Waals surface area contributed by atoms with Crippen LogP contribution >= 0.6 is 0 Å². The van der Waals surface area contributed by atoms with E-state index >= 15 is 0 Å². The normalized spacial score (nSPS) is 20.2. The Bertz CT molecular complexity index is 723. The second-order valence-corrected chi connectivity index (χ2v) is 8.64. The highest BCUT2D eigenvalue weighted by Gasteiger charge is 2.32. The maximum absolute atomic E-state index is 12.8. The average Bonchev–Trinajstić information content (AvgIpc) is 3.37. The molecular weight excluding hydrogens is 330 g/mol. The zero-order chi connectivity index (χ0) is 17.3. The lowest BCUT2D eigenvalue weighted by atomic mass is 10.1. The Balaban J connectivity index is 1.69. The molecule has 1 aliphatic heterocycles. The summed E-state index contributed by atoms with van der Waals surface area (Å²) < 4.78 is 27.1. The van der Waals surface area contributed by atoms with Crippen LogP contribution in [0.25, 0.3) is 0 Å². The number of sulfonamides is 1. The minimum atomic E-state index is -3.69. The van der Waals surface area contributed by atoms with Crippen molar-refractivity contribution in [1.29, 1.82) is 0 Å². The fourth-order valence-corrected chi connectivity index (χ4v) is 4.79. The van der Waals surface area contributed by atoms with Gasteiger partial charge in [-0.3, -0.25) is 10.1 Å².